The molecule has 1 amide bonds. The minimum atomic E-state index is -4.19. The van der Waals surface area contributed by atoms with E-state index in [1.54, 1.807) is 0 Å². The van der Waals surface area contributed by atoms with Crippen molar-refractivity contribution < 1.29 is 22.7 Å². The highest BCUT2D eigenvalue weighted by molar-refractivity contribution is 5.82. The van der Waals surface area contributed by atoms with Gasteiger partial charge in [-0.1, -0.05) is 13.8 Å². The van der Waals surface area contributed by atoms with E-state index in [1.165, 1.54) is 11.9 Å². The number of ether oxygens (including phenoxy) is 1. The number of amides is 1. The maximum Gasteiger partial charge on any atom is 0.401 e. The van der Waals surface area contributed by atoms with E-state index in [4.69, 9.17) is 4.74 Å². The molecule has 0 aromatic carbocycles. The fourth-order valence-electron chi connectivity index (χ4n) is 3.39. The Balaban J connectivity index is 2.44. The lowest BCUT2D eigenvalue weighted by Gasteiger charge is -2.41. The van der Waals surface area contributed by atoms with Gasteiger partial charge >= 0.3 is 6.18 Å². The van der Waals surface area contributed by atoms with Gasteiger partial charge in [-0.3, -0.25) is 14.6 Å². The van der Waals surface area contributed by atoms with Gasteiger partial charge in [-0.05, 0) is 39.8 Å². The van der Waals surface area contributed by atoms with Gasteiger partial charge in [0.05, 0.1) is 24.8 Å². The molecular formula is C17H32F3N3O2. The van der Waals surface area contributed by atoms with Crippen LogP contribution >= 0.6 is 0 Å². The van der Waals surface area contributed by atoms with E-state index in [0.717, 1.165) is 0 Å². The van der Waals surface area contributed by atoms with Crippen molar-refractivity contribution >= 4 is 5.91 Å². The molecule has 1 aliphatic rings. The summed E-state index contributed by atoms with van der Waals surface area (Å²) in [5.74, 6) is 0.0835. The molecule has 1 aliphatic heterocycles. The van der Waals surface area contributed by atoms with E-state index < -0.39 is 12.7 Å². The second kappa shape index (κ2) is 9.73. The van der Waals surface area contributed by atoms with Crippen LogP contribution in [0.3, 0.4) is 0 Å². The number of halogens is 3. The number of carbonyl (C=O) groups excluding carboxylic acids is 1. The number of morpholine rings is 1. The highest BCUT2D eigenvalue weighted by atomic mass is 19.4. The molecule has 1 fully saturated rings. The fourth-order valence-corrected chi connectivity index (χ4v) is 3.39. The highest BCUT2D eigenvalue weighted by Gasteiger charge is 2.34. The summed E-state index contributed by atoms with van der Waals surface area (Å²) >= 11 is 0. The molecule has 25 heavy (non-hydrogen) atoms. The van der Waals surface area contributed by atoms with Crippen LogP contribution in [-0.4, -0.2) is 79.9 Å². The Bertz CT molecular complexity index is 408. The minimum absolute atomic E-state index is 0.0604. The summed E-state index contributed by atoms with van der Waals surface area (Å²) in [5, 5.41) is 2.88. The normalized spacial score (nSPS) is 23.9. The summed E-state index contributed by atoms with van der Waals surface area (Å²) in [7, 11) is 1.43. The summed E-state index contributed by atoms with van der Waals surface area (Å²) < 4.78 is 42.6. The van der Waals surface area contributed by atoms with Crippen molar-refractivity contribution in [3.8, 4) is 0 Å². The molecule has 5 nitrogen and oxygen atoms in total. The lowest BCUT2D eigenvalue weighted by molar-refractivity contribution is -0.143. The smallest absolute Gasteiger partial charge is 0.373 e. The van der Waals surface area contributed by atoms with Gasteiger partial charge in [0.1, 0.15) is 0 Å². The van der Waals surface area contributed by atoms with Gasteiger partial charge < -0.3 is 10.1 Å². The lowest BCUT2D eigenvalue weighted by Crippen LogP contribution is -2.57. The number of carbonyl (C=O) groups is 1. The van der Waals surface area contributed by atoms with Crippen LogP contribution in [-0.2, 0) is 9.53 Å². The van der Waals surface area contributed by atoms with Crippen molar-refractivity contribution in [3.63, 3.8) is 0 Å². The standard InChI is InChI=1S/C17H32F3N3O2/c1-12(2)15(23-9-13(3)25-14(4)10-23)16(24)21-7-6-8-22(5)11-17(18,19)20/h12-15H,6-11H2,1-5H3,(H,21,24). The SMILES string of the molecule is CC1CN(C(C(=O)NCCCN(C)CC(F)(F)F)C(C)C)CC(C)O1. The highest BCUT2D eigenvalue weighted by Crippen LogP contribution is 2.19. The largest absolute Gasteiger partial charge is 0.401 e. The quantitative estimate of drug-likeness (QED) is 0.668. The van der Waals surface area contributed by atoms with Crippen LogP contribution in [0.15, 0.2) is 0 Å². The van der Waals surface area contributed by atoms with E-state index in [1.807, 2.05) is 27.7 Å². The molecule has 0 aromatic rings. The first-order valence-corrected chi connectivity index (χ1v) is 8.92. The van der Waals surface area contributed by atoms with Crippen LogP contribution in [0, 0.1) is 5.92 Å². The molecule has 1 saturated heterocycles. The van der Waals surface area contributed by atoms with Crippen molar-refractivity contribution in [1.29, 1.82) is 0 Å². The summed E-state index contributed by atoms with van der Waals surface area (Å²) in [5.41, 5.74) is 0. The number of hydrogen-bond donors (Lipinski definition) is 1. The lowest BCUT2D eigenvalue weighted by atomic mass is 9.99. The zero-order chi connectivity index (χ0) is 19.2. The molecule has 0 saturated carbocycles. The van der Waals surface area contributed by atoms with E-state index in [0.29, 0.717) is 26.1 Å². The first-order chi connectivity index (χ1) is 11.5. The number of alkyl halides is 3. The molecule has 0 aromatic heterocycles. The summed E-state index contributed by atoms with van der Waals surface area (Å²) in [6.45, 7) is 9.14. The fraction of sp³-hybridized carbons (Fsp3) is 0.941. The van der Waals surface area contributed by atoms with Crippen molar-refractivity contribution in [2.75, 3.05) is 39.8 Å². The van der Waals surface area contributed by atoms with E-state index in [2.05, 4.69) is 10.2 Å². The third-order valence-corrected chi connectivity index (χ3v) is 4.21. The van der Waals surface area contributed by atoms with E-state index in [9.17, 15) is 18.0 Å². The Morgan fingerprint density at radius 3 is 2.32 bits per heavy atom. The summed E-state index contributed by atoms with van der Waals surface area (Å²) in [4.78, 5) is 16.0. The predicted molar refractivity (Wildman–Crippen MR) is 91.4 cm³/mol. The van der Waals surface area contributed by atoms with Gasteiger partial charge in [-0.15, -0.1) is 0 Å². The van der Waals surface area contributed by atoms with Crippen LogP contribution in [0.5, 0.6) is 0 Å². The minimum Gasteiger partial charge on any atom is -0.373 e. The average molecular weight is 367 g/mol. The average Bonchev–Trinajstić information content (AvgIpc) is 2.40. The Labute approximate surface area is 148 Å². The molecule has 0 aliphatic carbocycles. The molecule has 0 radical (unpaired) electrons. The molecule has 148 valence electrons. The van der Waals surface area contributed by atoms with Crippen molar-refractivity contribution in [2.45, 2.75) is 58.5 Å². The number of nitrogens with zero attached hydrogens (tertiary/aromatic N) is 2. The van der Waals surface area contributed by atoms with Crippen molar-refractivity contribution in [1.82, 2.24) is 15.1 Å². The molecule has 8 heteroatoms. The van der Waals surface area contributed by atoms with Gasteiger partial charge in [0.2, 0.25) is 5.91 Å². The Morgan fingerprint density at radius 1 is 1.28 bits per heavy atom. The summed E-state index contributed by atoms with van der Waals surface area (Å²) in [6, 6.07) is -0.248. The number of nitrogens with one attached hydrogen (secondary N) is 1. The third kappa shape index (κ3) is 8.37. The predicted octanol–water partition coefficient (Wildman–Crippen LogP) is 2.12. The Morgan fingerprint density at radius 2 is 1.84 bits per heavy atom. The van der Waals surface area contributed by atoms with Crippen molar-refractivity contribution in [2.24, 2.45) is 5.92 Å². The molecule has 1 N–H and O–H groups in total. The van der Waals surface area contributed by atoms with Crippen molar-refractivity contribution in [3.05, 3.63) is 0 Å². The van der Waals surface area contributed by atoms with Gasteiger partial charge in [-0.25, -0.2) is 0 Å². The van der Waals surface area contributed by atoms with Gasteiger partial charge in [0.15, 0.2) is 0 Å². The molecule has 3 unspecified atom stereocenters. The van der Waals surface area contributed by atoms with Gasteiger partial charge in [0.25, 0.3) is 0 Å². The first-order valence-electron chi connectivity index (χ1n) is 8.92. The molecular weight excluding hydrogens is 335 g/mol. The molecule has 1 heterocycles. The zero-order valence-electron chi connectivity index (χ0n) is 15.9. The second-order valence-corrected chi connectivity index (χ2v) is 7.40. The first kappa shape index (κ1) is 22.2. The monoisotopic (exact) mass is 367 g/mol. The number of rotatable bonds is 8. The maximum atomic E-state index is 12.6. The van der Waals surface area contributed by atoms with Crippen LogP contribution in [0.2, 0.25) is 0 Å². The van der Waals surface area contributed by atoms with Gasteiger partial charge in [-0.2, -0.15) is 13.2 Å². The molecule has 3 atom stereocenters. The van der Waals surface area contributed by atoms with E-state index >= 15 is 0 Å². The second-order valence-electron chi connectivity index (χ2n) is 7.40. The topological polar surface area (TPSA) is 44.8 Å². The molecule has 0 spiro atoms. The number of hydrogen-bond acceptors (Lipinski definition) is 4. The molecule has 1 rings (SSSR count). The summed E-state index contributed by atoms with van der Waals surface area (Å²) in [6.07, 6.45) is -3.55. The third-order valence-electron chi connectivity index (χ3n) is 4.21. The van der Waals surface area contributed by atoms with Crippen LogP contribution in [0.1, 0.15) is 34.1 Å². The van der Waals surface area contributed by atoms with Crippen LogP contribution < -0.4 is 5.32 Å². The maximum absolute atomic E-state index is 12.6. The van der Waals surface area contributed by atoms with Crippen LogP contribution in [0.4, 0.5) is 13.2 Å². The van der Waals surface area contributed by atoms with Gasteiger partial charge in [0, 0.05) is 19.6 Å². The van der Waals surface area contributed by atoms with Crippen LogP contribution in [0.25, 0.3) is 0 Å². The molecule has 0 bridgehead atoms. The Kier molecular flexibility index (Phi) is 8.63. The van der Waals surface area contributed by atoms with E-state index in [-0.39, 0.29) is 36.6 Å². The zero-order valence-corrected chi connectivity index (χ0v) is 15.9. The Hall–Kier alpha value is -0.860.